The number of nitrogens with zero attached hydrogens (tertiary/aromatic N) is 1. The van der Waals surface area contributed by atoms with Crippen molar-refractivity contribution in [2.24, 2.45) is 5.73 Å². The molecule has 0 bridgehead atoms. The van der Waals surface area contributed by atoms with Gasteiger partial charge in [0, 0.05) is 6.54 Å². The van der Waals surface area contributed by atoms with Crippen molar-refractivity contribution in [3.05, 3.63) is 35.9 Å². The highest BCUT2D eigenvalue weighted by molar-refractivity contribution is 5.14. The number of unbranched alkanes of at least 4 members (excludes halogenated alkanes) is 3. The zero-order valence-corrected chi connectivity index (χ0v) is 10.4. The summed E-state index contributed by atoms with van der Waals surface area (Å²) in [7, 11) is 2.19. The van der Waals surface area contributed by atoms with Gasteiger partial charge >= 0.3 is 0 Å². The SMILES string of the molecule is CN(CCCCCCN)Cc1ccccc1. The summed E-state index contributed by atoms with van der Waals surface area (Å²) in [5.74, 6) is 0. The number of hydrogen-bond donors (Lipinski definition) is 1. The number of rotatable bonds is 8. The molecule has 1 aromatic rings. The van der Waals surface area contributed by atoms with Gasteiger partial charge in [0.05, 0.1) is 0 Å². The van der Waals surface area contributed by atoms with E-state index in [1.165, 1.54) is 37.8 Å². The lowest BCUT2D eigenvalue weighted by Crippen LogP contribution is -2.19. The molecule has 0 saturated heterocycles. The molecule has 2 nitrogen and oxygen atoms in total. The topological polar surface area (TPSA) is 29.3 Å². The van der Waals surface area contributed by atoms with Gasteiger partial charge in [-0.05, 0) is 38.5 Å². The second-order valence-electron chi connectivity index (χ2n) is 4.43. The van der Waals surface area contributed by atoms with Gasteiger partial charge in [-0.25, -0.2) is 0 Å². The summed E-state index contributed by atoms with van der Waals surface area (Å²) < 4.78 is 0. The van der Waals surface area contributed by atoms with Gasteiger partial charge < -0.3 is 10.6 Å². The van der Waals surface area contributed by atoms with Crippen molar-refractivity contribution < 1.29 is 0 Å². The van der Waals surface area contributed by atoms with Crippen molar-refractivity contribution in [3.63, 3.8) is 0 Å². The summed E-state index contributed by atoms with van der Waals surface area (Å²) in [5.41, 5.74) is 6.86. The zero-order chi connectivity index (χ0) is 11.6. The molecule has 0 radical (unpaired) electrons. The van der Waals surface area contributed by atoms with Crippen molar-refractivity contribution >= 4 is 0 Å². The van der Waals surface area contributed by atoms with Gasteiger partial charge in [0.25, 0.3) is 0 Å². The lowest BCUT2D eigenvalue weighted by atomic mass is 10.1. The fourth-order valence-electron chi connectivity index (χ4n) is 1.85. The summed E-state index contributed by atoms with van der Waals surface area (Å²) in [6, 6.07) is 10.6. The fraction of sp³-hybridized carbons (Fsp3) is 0.571. The summed E-state index contributed by atoms with van der Waals surface area (Å²) in [4.78, 5) is 2.39. The van der Waals surface area contributed by atoms with Crippen LogP contribution >= 0.6 is 0 Å². The molecule has 0 aliphatic rings. The third-order valence-corrected chi connectivity index (χ3v) is 2.79. The third-order valence-electron chi connectivity index (χ3n) is 2.79. The van der Waals surface area contributed by atoms with Crippen LogP contribution in [0.4, 0.5) is 0 Å². The average Bonchev–Trinajstić information content (AvgIpc) is 2.30. The van der Waals surface area contributed by atoms with E-state index in [1.807, 2.05) is 0 Å². The van der Waals surface area contributed by atoms with Gasteiger partial charge in [-0.2, -0.15) is 0 Å². The normalized spacial score (nSPS) is 10.9. The predicted molar refractivity (Wildman–Crippen MR) is 70.3 cm³/mol. The molecule has 0 aromatic heterocycles. The molecule has 16 heavy (non-hydrogen) atoms. The number of benzene rings is 1. The average molecular weight is 220 g/mol. The van der Waals surface area contributed by atoms with Crippen LogP contribution in [-0.2, 0) is 6.54 Å². The molecule has 0 fully saturated rings. The molecular weight excluding hydrogens is 196 g/mol. The third kappa shape index (κ3) is 5.89. The quantitative estimate of drug-likeness (QED) is 0.682. The molecule has 0 heterocycles. The van der Waals surface area contributed by atoms with Crippen molar-refractivity contribution in [1.82, 2.24) is 4.90 Å². The van der Waals surface area contributed by atoms with Gasteiger partial charge in [-0.3, -0.25) is 0 Å². The largest absolute Gasteiger partial charge is 0.330 e. The molecule has 2 N–H and O–H groups in total. The fourth-order valence-corrected chi connectivity index (χ4v) is 1.85. The van der Waals surface area contributed by atoms with E-state index in [-0.39, 0.29) is 0 Å². The van der Waals surface area contributed by atoms with Crippen LogP contribution in [0.5, 0.6) is 0 Å². The van der Waals surface area contributed by atoms with Crippen LogP contribution in [0.15, 0.2) is 30.3 Å². The van der Waals surface area contributed by atoms with E-state index in [9.17, 15) is 0 Å². The molecule has 0 amide bonds. The Kier molecular flexibility index (Phi) is 6.86. The number of hydrogen-bond acceptors (Lipinski definition) is 2. The Balaban J connectivity index is 2.09. The Morgan fingerprint density at radius 3 is 2.38 bits per heavy atom. The smallest absolute Gasteiger partial charge is 0.0230 e. The molecule has 1 aromatic carbocycles. The Hall–Kier alpha value is -0.860. The minimum Gasteiger partial charge on any atom is -0.330 e. The van der Waals surface area contributed by atoms with E-state index in [0.717, 1.165) is 13.1 Å². The van der Waals surface area contributed by atoms with Crippen LogP contribution in [-0.4, -0.2) is 25.0 Å². The highest BCUT2D eigenvalue weighted by Crippen LogP contribution is 2.05. The maximum absolute atomic E-state index is 5.46. The first-order chi connectivity index (χ1) is 7.83. The summed E-state index contributed by atoms with van der Waals surface area (Å²) >= 11 is 0. The summed E-state index contributed by atoms with van der Waals surface area (Å²) in [6.07, 6.45) is 5.03. The molecule has 0 atom stereocenters. The summed E-state index contributed by atoms with van der Waals surface area (Å²) in [5, 5.41) is 0. The monoisotopic (exact) mass is 220 g/mol. The van der Waals surface area contributed by atoms with Crippen molar-refractivity contribution in [2.75, 3.05) is 20.1 Å². The van der Waals surface area contributed by atoms with Crippen LogP contribution in [0.25, 0.3) is 0 Å². The second kappa shape index (κ2) is 8.31. The first kappa shape index (κ1) is 13.2. The van der Waals surface area contributed by atoms with Crippen molar-refractivity contribution in [2.45, 2.75) is 32.2 Å². The maximum atomic E-state index is 5.46. The molecule has 0 unspecified atom stereocenters. The van der Waals surface area contributed by atoms with Gasteiger partial charge in [0.2, 0.25) is 0 Å². The highest BCUT2D eigenvalue weighted by Gasteiger charge is 1.99. The van der Waals surface area contributed by atoms with E-state index >= 15 is 0 Å². The Morgan fingerprint density at radius 2 is 1.69 bits per heavy atom. The zero-order valence-electron chi connectivity index (χ0n) is 10.4. The standard InChI is InChI=1S/C14H24N2/c1-16(12-8-3-2-7-11-15)13-14-9-5-4-6-10-14/h4-6,9-10H,2-3,7-8,11-13,15H2,1H3. The van der Waals surface area contributed by atoms with Gasteiger partial charge in [-0.15, -0.1) is 0 Å². The minimum atomic E-state index is 0.833. The van der Waals surface area contributed by atoms with Crippen LogP contribution in [0.2, 0.25) is 0 Å². The van der Waals surface area contributed by atoms with Crippen LogP contribution in [0.1, 0.15) is 31.2 Å². The van der Waals surface area contributed by atoms with Gasteiger partial charge in [-0.1, -0.05) is 43.2 Å². The minimum absolute atomic E-state index is 0.833. The molecule has 0 saturated carbocycles. The molecule has 0 spiro atoms. The highest BCUT2D eigenvalue weighted by atomic mass is 15.1. The van der Waals surface area contributed by atoms with E-state index in [0.29, 0.717) is 0 Å². The summed E-state index contributed by atoms with van der Waals surface area (Å²) in [6.45, 7) is 3.07. The number of nitrogens with two attached hydrogens (primary N) is 1. The molecule has 1 rings (SSSR count). The molecule has 2 heteroatoms. The molecule has 0 aliphatic heterocycles. The van der Waals surface area contributed by atoms with Crippen LogP contribution < -0.4 is 5.73 Å². The van der Waals surface area contributed by atoms with Crippen LogP contribution in [0, 0.1) is 0 Å². The predicted octanol–water partition coefficient (Wildman–Crippen LogP) is 2.64. The van der Waals surface area contributed by atoms with E-state index in [4.69, 9.17) is 5.73 Å². The van der Waals surface area contributed by atoms with Gasteiger partial charge in [0.1, 0.15) is 0 Å². The van der Waals surface area contributed by atoms with Crippen molar-refractivity contribution in [1.29, 1.82) is 0 Å². The Morgan fingerprint density at radius 1 is 1.00 bits per heavy atom. The van der Waals surface area contributed by atoms with E-state index in [1.54, 1.807) is 0 Å². The van der Waals surface area contributed by atoms with Crippen molar-refractivity contribution in [3.8, 4) is 0 Å². The lowest BCUT2D eigenvalue weighted by molar-refractivity contribution is 0.317. The molecule has 0 aliphatic carbocycles. The first-order valence-corrected chi connectivity index (χ1v) is 6.25. The Labute approximate surface area is 99.5 Å². The van der Waals surface area contributed by atoms with Crippen LogP contribution in [0.3, 0.4) is 0 Å². The van der Waals surface area contributed by atoms with E-state index in [2.05, 4.69) is 42.3 Å². The van der Waals surface area contributed by atoms with Gasteiger partial charge in [0.15, 0.2) is 0 Å². The Bertz CT molecular complexity index is 259. The maximum Gasteiger partial charge on any atom is 0.0230 e. The van der Waals surface area contributed by atoms with E-state index < -0.39 is 0 Å². The lowest BCUT2D eigenvalue weighted by Gasteiger charge is -2.16. The molecular formula is C14H24N2. The second-order valence-corrected chi connectivity index (χ2v) is 4.43. The molecule has 90 valence electrons. The first-order valence-electron chi connectivity index (χ1n) is 6.25.